The van der Waals surface area contributed by atoms with Gasteiger partial charge in [-0.15, -0.1) is 0 Å². The molecule has 0 bridgehead atoms. The highest BCUT2D eigenvalue weighted by Crippen LogP contribution is 2.26. The van der Waals surface area contributed by atoms with Gasteiger partial charge in [-0.2, -0.15) is 5.10 Å². The number of rotatable bonds is 7. The smallest absolute Gasteiger partial charge is 0.255 e. The lowest BCUT2D eigenvalue weighted by molar-refractivity contribution is -0.116. The van der Waals surface area contributed by atoms with Crippen LogP contribution in [-0.4, -0.2) is 20.3 Å². The first-order valence-electron chi connectivity index (χ1n) is 12.3. The van der Waals surface area contributed by atoms with Crippen molar-refractivity contribution >= 4 is 22.6 Å². The Hall–Kier alpha value is -3.67. The summed E-state index contributed by atoms with van der Waals surface area (Å²) in [5.41, 5.74) is 7.29. The SMILES string of the molecule is CCn1c(=O)c(CCC(=O)Nc2ccc(C(C)C)cc2)c(C)c2c(C)nn(-c3ccc(C)cc3)c21. The highest BCUT2D eigenvalue weighted by Gasteiger charge is 2.21. The fourth-order valence-electron chi connectivity index (χ4n) is 4.64. The number of carbonyl (C=O) groups excluding carboxylic acids is 1. The lowest BCUT2D eigenvalue weighted by atomic mass is 10.0. The molecule has 6 heteroatoms. The van der Waals surface area contributed by atoms with E-state index in [1.165, 1.54) is 11.1 Å². The number of amides is 1. The van der Waals surface area contributed by atoms with Crippen LogP contribution < -0.4 is 10.9 Å². The minimum absolute atomic E-state index is 0.0557. The van der Waals surface area contributed by atoms with E-state index in [2.05, 4.69) is 19.2 Å². The molecule has 2 aromatic heterocycles. The van der Waals surface area contributed by atoms with Crippen LogP contribution in [0.1, 0.15) is 61.1 Å². The van der Waals surface area contributed by atoms with E-state index in [-0.39, 0.29) is 17.9 Å². The second-order valence-corrected chi connectivity index (χ2v) is 9.51. The van der Waals surface area contributed by atoms with Crippen molar-refractivity contribution < 1.29 is 4.79 Å². The average Bonchev–Trinajstić information content (AvgIpc) is 3.17. The minimum atomic E-state index is -0.101. The Bertz CT molecular complexity index is 1430. The van der Waals surface area contributed by atoms with Crippen LogP contribution >= 0.6 is 0 Å². The fraction of sp³-hybridized carbons (Fsp3) is 0.345. The number of nitrogens with one attached hydrogen (secondary N) is 1. The van der Waals surface area contributed by atoms with Gasteiger partial charge in [-0.25, -0.2) is 4.68 Å². The maximum Gasteiger partial charge on any atom is 0.255 e. The van der Waals surface area contributed by atoms with E-state index in [1.54, 1.807) is 4.57 Å². The minimum Gasteiger partial charge on any atom is -0.326 e. The number of benzene rings is 2. The number of hydrogen-bond donors (Lipinski definition) is 1. The molecule has 1 N–H and O–H groups in total. The third kappa shape index (κ3) is 4.78. The van der Waals surface area contributed by atoms with Crippen molar-refractivity contribution in [1.82, 2.24) is 14.3 Å². The van der Waals surface area contributed by atoms with Gasteiger partial charge in [-0.1, -0.05) is 43.7 Å². The monoisotopic (exact) mass is 470 g/mol. The van der Waals surface area contributed by atoms with E-state index in [4.69, 9.17) is 5.10 Å². The van der Waals surface area contributed by atoms with Crippen LogP contribution in [0.15, 0.2) is 53.3 Å². The van der Waals surface area contributed by atoms with E-state index < -0.39 is 0 Å². The van der Waals surface area contributed by atoms with Crippen LogP contribution in [0.2, 0.25) is 0 Å². The lowest BCUT2D eigenvalue weighted by Crippen LogP contribution is -2.27. The van der Waals surface area contributed by atoms with Gasteiger partial charge in [0.05, 0.1) is 11.4 Å². The summed E-state index contributed by atoms with van der Waals surface area (Å²) in [7, 11) is 0. The number of fused-ring (bicyclic) bond motifs is 1. The highest BCUT2D eigenvalue weighted by atomic mass is 16.1. The summed E-state index contributed by atoms with van der Waals surface area (Å²) in [5, 5.41) is 8.73. The maximum absolute atomic E-state index is 13.5. The Morgan fingerprint density at radius 1 is 1.00 bits per heavy atom. The molecular weight excluding hydrogens is 436 g/mol. The number of hydrogen-bond acceptors (Lipinski definition) is 3. The summed E-state index contributed by atoms with van der Waals surface area (Å²) in [6.45, 7) is 12.8. The molecular formula is C29H34N4O2. The van der Waals surface area contributed by atoms with Gasteiger partial charge in [0.15, 0.2) is 0 Å². The van der Waals surface area contributed by atoms with Gasteiger partial charge in [0.25, 0.3) is 5.56 Å². The van der Waals surface area contributed by atoms with E-state index in [9.17, 15) is 9.59 Å². The zero-order chi connectivity index (χ0) is 25.3. The third-order valence-electron chi connectivity index (χ3n) is 6.68. The molecule has 35 heavy (non-hydrogen) atoms. The number of pyridine rings is 1. The van der Waals surface area contributed by atoms with Crippen molar-refractivity contribution in [2.24, 2.45) is 0 Å². The number of aryl methyl sites for hydroxylation is 4. The highest BCUT2D eigenvalue weighted by molar-refractivity contribution is 5.91. The molecule has 0 radical (unpaired) electrons. The van der Waals surface area contributed by atoms with Gasteiger partial charge in [0.1, 0.15) is 5.65 Å². The Morgan fingerprint density at radius 3 is 2.26 bits per heavy atom. The van der Waals surface area contributed by atoms with Crippen LogP contribution in [0.5, 0.6) is 0 Å². The van der Waals surface area contributed by atoms with Gasteiger partial charge in [-0.3, -0.25) is 14.2 Å². The zero-order valence-electron chi connectivity index (χ0n) is 21.5. The Labute approximate surface area is 206 Å². The first-order valence-corrected chi connectivity index (χ1v) is 12.3. The van der Waals surface area contributed by atoms with Crippen LogP contribution in [0.4, 0.5) is 5.69 Å². The predicted molar refractivity (Wildman–Crippen MR) is 143 cm³/mol. The van der Waals surface area contributed by atoms with Gasteiger partial charge in [-0.05, 0) is 75.4 Å². The van der Waals surface area contributed by atoms with Crippen molar-refractivity contribution in [2.45, 2.75) is 66.8 Å². The molecule has 1 amide bonds. The molecule has 4 rings (SSSR count). The number of carbonyl (C=O) groups is 1. The summed E-state index contributed by atoms with van der Waals surface area (Å²) >= 11 is 0. The van der Waals surface area contributed by atoms with Gasteiger partial charge in [0, 0.05) is 29.6 Å². The standard InChI is InChI=1S/C29H34N4O2/c1-7-32-28-27(21(6)31-33(28)24-14-8-19(4)9-15-24)20(5)25(29(32)35)16-17-26(34)30-23-12-10-22(11-13-23)18(2)3/h8-15,18H,7,16-17H2,1-6H3,(H,30,34). The molecule has 2 aromatic carbocycles. The number of aromatic nitrogens is 3. The van der Waals surface area contributed by atoms with Gasteiger partial charge in [0.2, 0.25) is 5.91 Å². The molecule has 0 aliphatic rings. The largest absolute Gasteiger partial charge is 0.326 e. The Kier molecular flexibility index (Phi) is 6.92. The number of anilines is 1. The van der Waals surface area contributed by atoms with Gasteiger partial charge < -0.3 is 5.32 Å². The third-order valence-corrected chi connectivity index (χ3v) is 6.68. The summed E-state index contributed by atoms with van der Waals surface area (Å²) in [6.07, 6.45) is 0.619. The molecule has 0 aliphatic carbocycles. The van der Waals surface area contributed by atoms with E-state index in [0.717, 1.165) is 33.7 Å². The molecule has 0 fully saturated rings. The summed E-state index contributed by atoms with van der Waals surface area (Å²) in [4.78, 5) is 26.2. The second-order valence-electron chi connectivity index (χ2n) is 9.51. The zero-order valence-corrected chi connectivity index (χ0v) is 21.5. The Balaban J connectivity index is 1.64. The van der Waals surface area contributed by atoms with Crippen LogP contribution in [0, 0.1) is 20.8 Å². The predicted octanol–water partition coefficient (Wildman–Crippen LogP) is 5.83. The molecule has 0 aliphatic heterocycles. The molecule has 0 unspecified atom stereocenters. The van der Waals surface area contributed by atoms with Gasteiger partial charge >= 0.3 is 0 Å². The van der Waals surface area contributed by atoms with Crippen LogP contribution in [0.25, 0.3) is 16.7 Å². The summed E-state index contributed by atoms with van der Waals surface area (Å²) in [5.74, 6) is 0.341. The molecule has 2 heterocycles. The van der Waals surface area contributed by atoms with E-state index in [0.29, 0.717) is 24.4 Å². The molecule has 4 aromatic rings. The van der Waals surface area contributed by atoms with E-state index >= 15 is 0 Å². The molecule has 0 saturated carbocycles. The van der Waals surface area contributed by atoms with Crippen molar-refractivity contribution in [3.05, 3.63) is 86.8 Å². The lowest BCUT2D eigenvalue weighted by Gasteiger charge is -2.15. The fourth-order valence-corrected chi connectivity index (χ4v) is 4.64. The summed E-state index contributed by atoms with van der Waals surface area (Å²) < 4.78 is 3.64. The molecule has 6 nitrogen and oxygen atoms in total. The Morgan fingerprint density at radius 2 is 1.66 bits per heavy atom. The van der Waals surface area contributed by atoms with Crippen molar-refractivity contribution in [3.63, 3.8) is 0 Å². The van der Waals surface area contributed by atoms with Crippen molar-refractivity contribution in [1.29, 1.82) is 0 Å². The first kappa shape index (κ1) is 24.5. The number of nitrogens with zero attached hydrogens (tertiary/aromatic N) is 3. The molecule has 0 saturated heterocycles. The first-order chi connectivity index (χ1) is 16.7. The topological polar surface area (TPSA) is 68.9 Å². The van der Waals surface area contributed by atoms with E-state index in [1.807, 2.05) is 80.9 Å². The molecule has 182 valence electrons. The average molecular weight is 471 g/mol. The quantitative estimate of drug-likeness (QED) is 0.370. The van der Waals surface area contributed by atoms with Crippen LogP contribution in [-0.2, 0) is 17.8 Å². The molecule has 0 atom stereocenters. The van der Waals surface area contributed by atoms with Crippen molar-refractivity contribution in [2.75, 3.05) is 5.32 Å². The van der Waals surface area contributed by atoms with Crippen LogP contribution in [0.3, 0.4) is 0 Å². The van der Waals surface area contributed by atoms with Crippen molar-refractivity contribution in [3.8, 4) is 5.69 Å². The normalized spacial score (nSPS) is 11.4. The molecule has 0 spiro atoms. The summed E-state index contributed by atoms with van der Waals surface area (Å²) in [6, 6.07) is 16.1. The second kappa shape index (κ2) is 9.90. The maximum atomic E-state index is 13.5.